The van der Waals surface area contributed by atoms with E-state index in [0.29, 0.717) is 22.0 Å². The van der Waals surface area contributed by atoms with E-state index in [-0.39, 0.29) is 25.3 Å². The zero-order valence-electron chi connectivity index (χ0n) is 17.2. The molecule has 2 aromatic heterocycles. The lowest BCUT2D eigenvalue weighted by atomic mass is 10.1. The molecule has 0 bridgehead atoms. The van der Waals surface area contributed by atoms with Gasteiger partial charge in [0.25, 0.3) is 5.56 Å². The van der Waals surface area contributed by atoms with Crippen LogP contribution in [-0.2, 0) is 29.3 Å². The Bertz CT molecular complexity index is 1110. The summed E-state index contributed by atoms with van der Waals surface area (Å²) < 4.78 is 12.5. The second-order valence-corrected chi connectivity index (χ2v) is 7.78. The van der Waals surface area contributed by atoms with Gasteiger partial charge in [-0.1, -0.05) is 23.7 Å². The smallest absolute Gasteiger partial charge is 0.340 e. The largest absolute Gasteiger partial charge is 0.488 e. The molecule has 0 amide bonds. The Labute approximate surface area is 184 Å². The van der Waals surface area contributed by atoms with Crippen LogP contribution in [0.15, 0.2) is 65.7 Å². The fourth-order valence-corrected chi connectivity index (χ4v) is 3.14. The van der Waals surface area contributed by atoms with Gasteiger partial charge in [-0.05, 0) is 44.2 Å². The lowest BCUT2D eigenvalue weighted by Gasteiger charge is -2.23. The number of rotatable bonds is 8. The predicted molar refractivity (Wildman–Crippen MR) is 116 cm³/mol. The number of hydrogen-bond donors (Lipinski definition) is 1. The molecule has 0 radical (unpaired) electrons. The van der Waals surface area contributed by atoms with Gasteiger partial charge >= 0.3 is 5.97 Å². The average Bonchev–Trinajstić information content (AvgIpc) is 2.74. The van der Waals surface area contributed by atoms with Crippen LogP contribution in [0.1, 0.15) is 23.7 Å². The van der Waals surface area contributed by atoms with E-state index in [1.165, 1.54) is 17.6 Å². The molecule has 0 spiro atoms. The third-order valence-corrected chi connectivity index (χ3v) is 4.91. The Kier molecular flexibility index (Phi) is 7.09. The Morgan fingerprint density at radius 3 is 2.71 bits per heavy atom. The van der Waals surface area contributed by atoms with Crippen LogP contribution in [0.3, 0.4) is 0 Å². The summed E-state index contributed by atoms with van der Waals surface area (Å²) in [6, 6.07) is 13.4. The number of benzene rings is 1. The first-order valence-electron chi connectivity index (χ1n) is 9.62. The molecule has 3 rings (SSSR count). The number of ether oxygens (including phenoxy) is 2. The highest BCUT2D eigenvalue weighted by Crippen LogP contribution is 2.25. The van der Waals surface area contributed by atoms with Crippen molar-refractivity contribution in [3.8, 4) is 5.75 Å². The highest BCUT2D eigenvalue weighted by Gasteiger charge is 2.33. The van der Waals surface area contributed by atoms with Crippen LogP contribution < -0.4 is 10.3 Å². The van der Waals surface area contributed by atoms with Crippen LogP contribution in [0.4, 0.5) is 0 Å². The van der Waals surface area contributed by atoms with Crippen molar-refractivity contribution in [2.45, 2.75) is 39.2 Å². The molecule has 1 atom stereocenters. The summed E-state index contributed by atoms with van der Waals surface area (Å²) in [7, 11) is 0. The molecule has 7 nitrogen and oxygen atoms in total. The van der Waals surface area contributed by atoms with Crippen LogP contribution in [-0.4, -0.2) is 26.2 Å². The first kappa shape index (κ1) is 22.5. The van der Waals surface area contributed by atoms with Gasteiger partial charge in [0.2, 0.25) is 0 Å². The maximum Gasteiger partial charge on any atom is 0.340 e. The molecule has 0 aliphatic rings. The summed E-state index contributed by atoms with van der Waals surface area (Å²) in [5.41, 5.74) is -0.151. The fourth-order valence-electron chi connectivity index (χ4n) is 2.94. The maximum absolute atomic E-state index is 12.6. The molecular formula is C23H23ClN2O5. The molecule has 1 aromatic carbocycles. The number of carbonyl (C=O) groups excluding carboxylic acids is 1. The van der Waals surface area contributed by atoms with Crippen molar-refractivity contribution < 1.29 is 19.4 Å². The number of pyridine rings is 2. The predicted octanol–water partition coefficient (Wildman–Crippen LogP) is 3.28. The van der Waals surface area contributed by atoms with E-state index in [9.17, 15) is 14.7 Å². The average molecular weight is 443 g/mol. The van der Waals surface area contributed by atoms with Gasteiger partial charge in [0, 0.05) is 40.3 Å². The zero-order valence-corrected chi connectivity index (χ0v) is 18.0. The van der Waals surface area contributed by atoms with Gasteiger partial charge in [0.15, 0.2) is 5.60 Å². The van der Waals surface area contributed by atoms with Crippen molar-refractivity contribution in [3.05, 3.63) is 93.1 Å². The maximum atomic E-state index is 12.6. The van der Waals surface area contributed by atoms with Crippen LogP contribution >= 0.6 is 11.6 Å². The SMILES string of the molecule is Cc1cccc(=O)n1CC(C)(O)C(=O)OCc1cc(Cl)ccc1OCc1cccnc1. The van der Waals surface area contributed by atoms with Gasteiger partial charge in [0.1, 0.15) is 19.0 Å². The molecule has 31 heavy (non-hydrogen) atoms. The summed E-state index contributed by atoms with van der Waals surface area (Å²) in [4.78, 5) is 28.7. The Hall–Kier alpha value is -3.16. The lowest BCUT2D eigenvalue weighted by Crippen LogP contribution is -2.43. The third-order valence-electron chi connectivity index (χ3n) is 4.67. The van der Waals surface area contributed by atoms with Crippen molar-refractivity contribution in [2.24, 2.45) is 0 Å². The van der Waals surface area contributed by atoms with E-state index in [1.807, 2.05) is 12.1 Å². The van der Waals surface area contributed by atoms with Gasteiger partial charge in [-0.25, -0.2) is 4.79 Å². The molecule has 3 aromatic rings. The van der Waals surface area contributed by atoms with Gasteiger partial charge in [-0.2, -0.15) is 0 Å². The summed E-state index contributed by atoms with van der Waals surface area (Å²) in [6.07, 6.45) is 3.37. The molecular weight excluding hydrogens is 420 g/mol. The first-order valence-corrected chi connectivity index (χ1v) is 10.0. The molecule has 2 heterocycles. The van der Waals surface area contributed by atoms with Gasteiger partial charge in [-0.3, -0.25) is 9.78 Å². The molecule has 162 valence electrons. The van der Waals surface area contributed by atoms with Crippen molar-refractivity contribution in [1.29, 1.82) is 0 Å². The van der Waals surface area contributed by atoms with Gasteiger partial charge in [-0.15, -0.1) is 0 Å². The van der Waals surface area contributed by atoms with Crippen molar-refractivity contribution in [3.63, 3.8) is 0 Å². The van der Waals surface area contributed by atoms with Crippen LogP contribution in [0.25, 0.3) is 0 Å². The minimum atomic E-state index is -1.90. The molecule has 0 fully saturated rings. The second kappa shape index (κ2) is 9.76. The standard InChI is InChI=1S/C23H23ClN2O5/c1-16-5-3-7-21(27)26(16)15-23(2,29)22(28)31-14-18-11-19(24)8-9-20(18)30-13-17-6-4-10-25-12-17/h3-12,29H,13-15H2,1-2H3. The molecule has 0 saturated carbocycles. The molecule has 1 N–H and O–H groups in total. The number of esters is 1. The zero-order chi connectivity index (χ0) is 22.4. The minimum Gasteiger partial charge on any atom is -0.488 e. The van der Waals surface area contributed by atoms with Crippen LogP contribution in [0.2, 0.25) is 5.02 Å². The number of aryl methyl sites for hydroxylation is 1. The quantitative estimate of drug-likeness (QED) is 0.538. The highest BCUT2D eigenvalue weighted by molar-refractivity contribution is 6.30. The minimum absolute atomic E-state index is 0.152. The van der Waals surface area contributed by atoms with Crippen molar-refractivity contribution >= 4 is 17.6 Å². The summed E-state index contributed by atoms with van der Waals surface area (Å²) in [6.45, 7) is 2.94. The molecule has 0 aliphatic heterocycles. The third kappa shape index (κ3) is 5.93. The monoisotopic (exact) mass is 442 g/mol. The van der Waals surface area contributed by atoms with E-state index in [0.717, 1.165) is 5.56 Å². The molecule has 0 saturated heterocycles. The van der Waals surface area contributed by atoms with E-state index in [1.54, 1.807) is 49.6 Å². The summed E-state index contributed by atoms with van der Waals surface area (Å²) in [5, 5.41) is 11.1. The van der Waals surface area contributed by atoms with E-state index in [2.05, 4.69) is 4.98 Å². The highest BCUT2D eigenvalue weighted by atomic mass is 35.5. The van der Waals surface area contributed by atoms with Crippen molar-refractivity contribution in [1.82, 2.24) is 9.55 Å². The number of carbonyl (C=O) groups is 1. The van der Waals surface area contributed by atoms with E-state index >= 15 is 0 Å². The molecule has 0 aliphatic carbocycles. The number of aromatic nitrogens is 2. The Morgan fingerprint density at radius 1 is 1.19 bits per heavy atom. The number of aliphatic hydroxyl groups is 1. The van der Waals surface area contributed by atoms with E-state index in [4.69, 9.17) is 21.1 Å². The topological polar surface area (TPSA) is 90.7 Å². The number of halogens is 1. The summed E-state index contributed by atoms with van der Waals surface area (Å²) >= 11 is 6.09. The number of hydrogen-bond acceptors (Lipinski definition) is 6. The van der Waals surface area contributed by atoms with Gasteiger partial charge in [0.05, 0.1) is 6.54 Å². The first-order chi connectivity index (χ1) is 14.8. The Balaban J connectivity index is 1.69. The van der Waals surface area contributed by atoms with Gasteiger partial charge < -0.3 is 19.1 Å². The number of nitrogens with zero attached hydrogens (tertiary/aromatic N) is 2. The second-order valence-electron chi connectivity index (χ2n) is 7.34. The van der Waals surface area contributed by atoms with Crippen LogP contribution in [0, 0.1) is 6.92 Å². The fraction of sp³-hybridized carbons (Fsp3) is 0.261. The normalized spacial score (nSPS) is 12.8. The lowest BCUT2D eigenvalue weighted by molar-refractivity contribution is -0.166. The van der Waals surface area contributed by atoms with E-state index < -0.39 is 11.6 Å². The van der Waals surface area contributed by atoms with Crippen molar-refractivity contribution in [2.75, 3.05) is 0 Å². The Morgan fingerprint density at radius 2 is 2.00 bits per heavy atom. The molecule has 1 unspecified atom stereocenters. The molecule has 8 heteroatoms. The summed E-state index contributed by atoms with van der Waals surface area (Å²) in [5.74, 6) is -0.364. The van der Waals surface area contributed by atoms with Crippen LogP contribution in [0.5, 0.6) is 5.75 Å².